The summed E-state index contributed by atoms with van der Waals surface area (Å²) in [6, 6.07) is 5.07. The monoisotopic (exact) mass is 447 g/mol. The Kier molecular flexibility index (Phi) is 8.18. The van der Waals surface area contributed by atoms with E-state index in [1.165, 1.54) is 53.4 Å². The van der Waals surface area contributed by atoms with Gasteiger partial charge >= 0.3 is 0 Å². The molecule has 9 heteroatoms. The Morgan fingerprint density at radius 3 is 2.62 bits per heavy atom. The normalized spacial score (nSPS) is 21.6. The number of sulfonamides is 1. The minimum absolute atomic E-state index is 0.124. The molecule has 29 heavy (non-hydrogen) atoms. The van der Waals surface area contributed by atoms with Crippen LogP contribution >= 0.6 is 11.6 Å². The topological polar surface area (TPSA) is 80.5 Å². The van der Waals surface area contributed by atoms with Crippen molar-refractivity contribution in [3.63, 3.8) is 0 Å². The second-order valence-electron chi connectivity index (χ2n) is 7.96. The van der Waals surface area contributed by atoms with E-state index in [0.29, 0.717) is 44.6 Å². The highest BCUT2D eigenvalue weighted by atomic mass is 35.5. The van der Waals surface area contributed by atoms with Crippen molar-refractivity contribution >= 4 is 21.6 Å². The number of morpholine rings is 1. The summed E-state index contributed by atoms with van der Waals surface area (Å²) in [5, 5.41) is 10.6. The molecule has 1 aromatic rings. The van der Waals surface area contributed by atoms with E-state index in [0.717, 1.165) is 0 Å². The average Bonchev–Trinajstić information content (AvgIpc) is 2.74. The van der Waals surface area contributed by atoms with Gasteiger partial charge in [-0.3, -0.25) is 0 Å². The van der Waals surface area contributed by atoms with Gasteiger partial charge in [0.05, 0.1) is 36.2 Å². The van der Waals surface area contributed by atoms with Crippen molar-refractivity contribution in [2.45, 2.75) is 49.1 Å². The lowest BCUT2D eigenvalue weighted by Crippen LogP contribution is -3.14. The molecule has 2 atom stereocenters. The van der Waals surface area contributed by atoms with Crippen molar-refractivity contribution in [1.29, 1.82) is 0 Å². The van der Waals surface area contributed by atoms with Crippen LogP contribution in [-0.4, -0.2) is 76.5 Å². The van der Waals surface area contributed by atoms with Gasteiger partial charge < -0.3 is 19.5 Å². The molecular weight excluding hydrogens is 416 g/mol. The summed E-state index contributed by atoms with van der Waals surface area (Å²) in [5.74, 6) is 0.377. The maximum absolute atomic E-state index is 12.7. The molecule has 1 aliphatic carbocycles. The SMILES string of the molecule is C[NH+](C[C@@H](O)COc1ccc(S(=O)(=O)N2CCOCC2)cc1Cl)C1CCCCC1. The Hall–Kier alpha value is -0.900. The average molecular weight is 448 g/mol. The fourth-order valence-electron chi connectivity index (χ4n) is 4.07. The molecule has 1 heterocycles. The van der Waals surface area contributed by atoms with Gasteiger partial charge in [-0.15, -0.1) is 0 Å². The van der Waals surface area contributed by atoms with Gasteiger partial charge in [0, 0.05) is 13.1 Å². The number of rotatable bonds is 8. The maximum atomic E-state index is 12.7. The van der Waals surface area contributed by atoms with Gasteiger partial charge in [0.15, 0.2) is 0 Å². The summed E-state index contributed by atoms with van der Waals surface area (Å²) in [7, 11) is -1.48. The van der Waals surface area contributed by atoms with Gasteiger partial charge in [-0.1, -0.05) is 18.0 Å². The number of hydrogen-bond donors (Lipinski definition) is 2. The zero-order valence-electron chi connectivity index (χ0n) is 17.0. The Morgan fingerprint density at radius 1 is 1.28 bits per heavy atom. The Bertz CT molecular complexity index is 764. The predicted octanol–water partition coefficient (Wildman–Crippen LogP) is 0.948. The van der Waals surface area contributed by atoms with Crippen LogP contribution in [0.25, 0.3) is 0 Å². The van der Waals surface area contributed by atoms with Gasteiger partial charge in [0.1, 0.15) is 25.0 Å². The molecule has 1 unspecified atom stereocenters. The lowest BCUT2D eigenvalue weighted by Gasteiger charge is -2.29. The molecular formula is C20H32ClN2O5S+. The Labute approximate surface area is 178 Å². The number of aliphatic hydroxyl groups excluding tert-OH is 1. The molecule has 2 N–H and O–H groups in total. The Morgan fingerprint density at radius 2 is 1.97 bits per heavy atom. The first kappa shape index (κ1) is 22.8. The molecule has 7 nitrogen and oxygen atoms in total. The maximum Gasteiger partial charge on any atom is 0.243 e. The largest absolute Gasteiger partial charge is 0.489 e. The third kappa shape index (κ3) is 6.06. The van der Waals surface area contributed by atoms with E-state index < -0.39 is 16.1 Å². The minimum Gasteiger partial charge on any atom is -0.489 e. The van der Waals surface area contributed by atoms with Crippen LogP contribution in [0, 0.1) is 0 Å². The molecule has 2 fully saturated rings. The first-order chi connectivity index (χ1) is 13.9. The molecule has 0 radical (unpaired) electrons. The summed E-state index contributed by atoms with van der Waals surface area (Å²) >= 11 is 6.27. The van der Waals surface area contributed by atoms with Gasteiger partial charge in [0.25, 0.3) is 0 Å². The summed E-state index contributed by atoms with van der Waals surface area (Å²) in [5.41, 5.74) is 0. The van der Waals surface area contributed by atoms with E-state index in [2.05, 4.69) is 7.05 Å². The molecule has 0 amide bonds. The second kappa shape index (κ2) is 10.4. The van der Waals surface area contributed by atoms with Crippen molar-refractivity contribution in [1.82, 2.24) is 4.31 Å². The number of nitrogens with one attached hydrogen (secondary N) is 1. The number of benzene rings is 1. The van der Waals surface area contributed by atoms with Crippen LogP contribution in [-0.2, 0) is 14.8 Å². The molecule has 1 aromatic carbocycles. The van der Waals surface area contributed by atoms with E-state index >= 15 is 0 Å². The first-order valence-electron chi connectivity index (χ1n) is 10.4. The van der Waals surface area contributed by atoms with Gasteiger partial charge in [-0.2, -0.15) is 4.31 Å². The third-order valence-electron chi connectivity index (χ3n) is 5.80. The van der Waals surface area contributed by atoms with E-state index in [1.807, 2.05) is 0 Å². The van der Waals surface area contributed by atoms with Gasteiger partial charge in [-0.25, -0.2) is 8.42 Å². The van der Waals surface area contributed by atoms with Gasteiger partial charge in [-0.05, 0) is 43.9 Å². The van der Waals surface area contributed by atoms with Crippen LogP contribution in [0.2, 0.25) is 5.02 Å². The molecule has 1 aliphatic heterocycles. The van der Waals surface area contributed by atoms with E-state index in [4.69, 9.17) is 21.1 Å². The fraction of sp³-hybridized carbons (Fsp3) is 0.700. The van der Waals surface area contributed by atoms with Crippen molar-refractivity contribution in [3.05, 3.63) is 23.2 Å². The van der Waals surface area contributed by atoms with Crippen LogP contribution in [0.4, 0.5) is 0 Å². The van der Waals surface area contributed by atoms with Crippen molar-refractivity contribution in [3.8, 4) is 5.75 Å². The fourth-order valence-corrected chi connectivity index (χ4v) is 5.81. The van der Waals surface area contributed by atoms with E-state index in [1.54, 1.807) is 6.07 Å². The standard InChI is InChI=1S/C20H31ClN2O5S/c1-22(16-5-3-2-4-6-16)14-17(24)15-28-20-8-7-18(13-19(20)21)29(25,26)23-9-11-27-12-10-23/h7-8,13,16-17,24H,2-6,9-12,14-15H2,1H3/p+1/t17-/m1/s1. The molecule has 164 valence electrons. The summed E-state index contributed by atoms with van der Waals surface area (Å²) < 4.78 is 37.7. The van der Waals surface area contributed by atoms with Crippen LogP contribution in [0.3, 0.4) is 0 Å². The second-order valence-corrected chi connectivity index (χ2v) is 10.3. The molecule has 0 spiro atoms. The molecule has 3 rings (SSSR count). The lowest BCUT2D eigenvalue weighted by atomic mass is 9.94. The summed E-state index contributed by atoms with van der Waals surface area (Å²) in [4.78, 5) is 1.47. The summed E-state index contributed by atoms with van der Waals surface area (Å²) in [6.45, 7) is 2.19. The number of nitrogens with zero attached hydrogens (tertiary/aromatic N) is 1. The highest BCUT2D eigenvalue weighted by Crippen LogP contribution is 2.29. The van der Waals surface area contributed by atoms with Crippen LogP contribution in [0.1, 0.15) is 32.1 Å². The third-order valence-corrected chi connectivity index (χ3v) is 7.99. The molecule has 0 bridgehead atoms. The zero-order valence-corrected chi connectivity index (χ0v) is 18.6. The summed E-state index contributed by atoms with van der Waals surface area (Å²) in [6.07, 6.45) is 5.66. The molecule has 1 saturated heterocycles. The number of likely N-dealkylation sites (N-methyl/N-ethyl adjacent to an activating group) is 1. The number of quaternary nitrogens is 1. The van der Waals surface area contributed by atoms with Crippen molar-refractivity contribution in [2.75, 3.05) is 46.5 Å². The number of aliphatic hydroxyl groups is 1. The van der Waals surface area contributed by atoms with Crippen LogP contribution in [0.15, 0.2) is 23.1 Å². The molecule has 0 aromatic heterocycles. The molecule has 1 saturated carbocycles. The first-order valence-corrected chi connectivity index (χ1v) is 12.2. The van der Waals surface area contributed by atoms with Crippen LogP contribution in [0.5, 0.6) is 5.75 Å². The number of ether oxygens (including phenoxy) is 2. The van der Waals surface area contributed by atoms with E-state index in [9.17, 15) is 13.5 Å². The molecule has 2 aliphatic rings. The number of halogens is 1. The van der Waals surface area contributed by atoms with Crippen LogP contribution < -0.4 is 9.64 Å². The van der Waals surface area contributed by atoms with E-state index in [-0.39, 0.29) is 16.5 Å². The highest BCUT2D eigenvalue weighted by Gasteiger charge is 2.27. The lowest BCUT2D eigenvalue weighted by molar-refractivity contribution is -0.910. The quantitative estimate of drug-likeness (QED) is 0.620. The highest BCUT2D eigenvalue weighted by molar-refractivity contribution is 7.89. The smallest absolute Gasteiger partial charge is 0.243 e. The number of hydrogen-bond acceptors (Lipinski definition) is 5. The Balaban J connectivity index is 1.54. The van der Waals surface area contributed by atoms with Crippen molar-refractivity contribution in [2.24, 2.45) is 0 Å². The van der Waals surface area contributed by atoms with Gasteiger partial charge in [0.2, 0.25) is 10.0 Å². The van der Waals surface area contributed by atoms with Crippen molar-refractivity contribution < 1.29 is 27.9 Å². The zero-order chi connectivity index (χ0) is 20.9. The minimum atomic E-state index is -3.60. The predicted molar refractivity (Wildman–Crippen MR) is 111 cm³/mol.